The van der Waals surface area contributed by atoms with Crippen LogP contribution in [-0.2, 0) is 10.0 Å². The number of aromatic nitrogens is 2. The molecule has 0 amide bonds. The van der Waals surface area contributed by atoms with Crippen LogP contribution < -0.4 is 10.5 Å². The molecular formula is C10H7Cl3N4O2S. The first-order valence-electron chi connectivity index (χ1n) is 5.05. The number of hydrogen-bond donors (Lipinski definition) is 2. The van der Waals surface area contributed by atoms with Crippen LogP contribution >= 0.6 is 34.8 Å². The van der Waals surface area contributed by atoms with Crippen molar-refractivity contribution in [1.82, 2.24) is 9.97 Å². The molecule has 0 aliphatic rings. The van der Waals surface area contributed by atoms with Crippen molar-refractivity contribution in [1.29, 1.82) is 0 Å². The monoisotopic (exact) mass is 352 g/mol. The summed E-state index contributed by atoms with van der Waals surface area (Å²) in [5.74, 6) is 0. The fraction of sp³-hybridized carbons (Fsp3) is 0. The smallest absolute Gasteiger partial charge is 0.264 e. The summed E-state index contributed by atoms with van der Waals surface area (Å²) in [7, 11) is -3.99. The predicted molar refractivity (Wildman–Crippen MR) is 78.7 cm³/mol. The van der Waals surface area contributed by atoms with E-state index in [-0.39, 0.29) is 26.6 Å². The Bertz CT molecular complexity index is 747. The van der Waals surface area contributed by atoms with Gasteiger partial charge in [0.25, 0.3) is 10.0 Å². The lowest BCUT2D eigenvalue weighted by Crippen LogP contribution is -2.16. The van der Waals surface area contributed by atoms with Crippen molar-refractivity contribution < 1.29 is 8.42 Å². The minimum absolute atomic E-state index is 0.00547. The van der Waals surface area contributed by atoms with Crippen LogP contribution in [0.1, 0.15) is 0 Å². The van der Waals surface area contributed by atoms with Crippen molar-refractivity contribution in [3.05, 3.63) is 39.9 Å². The van der Waals surface area contributed by atoms with Gasteiger partial charge in [0.15, 0.2) is 10.3 Å². The zero-order valence-corrected chi connectivity index (χ0v) is 12.7. The molecule has 6 nitrogen and oxygen atoms in total. The number of hydrogen-bond acceptors (Lipinski definition) is 5. The molecule has 0 bridgehead atoms. The molecule has 1 heterocycles. The van der Waals surface area contributed by atoms with Gasteiger partial charge < -0.3 is 5.73 Å². The van der Waals surface area contributed by atoms with E-state index in [1.165, 1.54) is 18.2 Å². The summed E-state index contributed by atoms with van der Waals surface area (Å²) in [5, 5.41) is 0.0720. The van der Waals surface area contributed by atoms with Gasteiger partial charge in [-0.2, -0.15) is 0 Å². The first-order valence-corrected chi connectivity index (χ1v) is 7.67. The van der Waals surface area contributed by atoms with Crippen LogP contribution in [0.4, 0.5) is 11.4 Å². The van der Waals surface area contributed by atoms with Gasteiger partial charge in [-0.05, 0) is 18.2 Å². The zero-order chi connectivity index (χ0) is 14.9. The number of nitrogens with one attached hydrogen (secondary N) is 1. The Kier molecular flexibility index (Phi) is 4.24. The van der Waals surface area contributed by atoms with E-state index in [9.17, 15) is 8.42 Å². The average Bonchev–Trinajstić information content (AvgIpc) is 2.33. The van der Waals surface area contributed by atoms with Crippen molar-refractivity contribution in [2.45, 2.75) is 4.90 Å². The second-order valence-electron chi connectivity index (χ2n) is 3.62. The van der Waals surface area contributed by atoms with E-state index in [2.05, 4.69) is 14.7 Å². The van der Waals surface area contributed by atoms with E-state index in [0.29, 0.717) is 5.02 Å². The highest BCUT2D eigenvalue weighted by Gasteiger charge is 2.21. The average molecular weight is 354 g/mol. The number of sulfonamides is 1. The molecule has 3 N–H and O–H groups in total. The van der Waals surface area contributed by atoms with Gasteiger partial charge in [0.1, 0.15) is 16.9 Å². The molecule has 0 saturated carbocycles. The predicted octanol–water partition coefficient (Wildman–Crippen LogP) is 2.82. The Morgan fingerprint density at radius 3 is 2.25 bits per heavy atom. The number of halogens is 3. The number of rotatable bonds is 3. The van der Waals surface area contributed by atoms with E-state index in [4.69, 9.17) is 40.5 Å². The van der Waals surface area contributed by atoms with Crippen molar-refractivity contribution >= 4 is 56.2 Å². The Labute approximate surface area is 129 Å². The fourth-order valence-electron chi connectivity index (χ4n) is 1.38. The minimum atomic E-state index is -3.99. The quantitative estimate of drug-likeness (QED) is 0.653. The molecule has 0 radical (unpaired) electrons. The van der Waals surface area contributed by atoms with Gasteiger partial charge in [-0.15, -0.1) is 0 Å². The first-order chi connectivity index (χ1) is 9.31. The molecule has 0 spiro atoms. The van der Waals surface area contributed by atoms with Crippen molar-refractivity contribution in [3.8, 4) is 0 Å². The lowest BCUT2D eigenvalue weighted by Gasteiger charge is -2.11. The SMILES string of the molecule is Nc1cc(Cl)ccc1S(=O)(=O)Nc1c(Cl)ncnc1Cl. The van der Waals surface area contributed by atoms with E-state index < -0.39 is 10.0 Å². The van der Waals surface area contributed by atoms with E-state index >= 15 is 0 Å². The molecular weight excluding hydrogens is 347 g/mol. The van der Waals surface area contributed by atoms with Crippen LogP contribution in [0.5, 0.6) is 0 Å². The molecule has 0 saturated heterocycles. The third-order valence-corrected chi connectivity index (χ3v) is 4.48. The van der Waals surface area contributed by atoms with E-state index in [0.717, 1.165) is 6.33 Å². The molecule has 0 aliphatic carbocycles. The minimum Gasteiger partial charge on any atom is -0.398 e. The van der Waals surface area contributed by atoms with Crippen molar-refractivity contribution in [2.24, 2.45) is 0 Å². The second-order valence-corrected chi connectivity index (χ2v) is 6.42. The molecule has 2 rings (SSSR count). The maximum atomic E-state index is 12.2. The lowest BCUT2D eigenvalue weighted by molar-refractivity contribution is 0.601. The molecule has 106 valence electrons. The summed E-state index contributed by atoms with van der Waals surface area (Å²) in [4.78, 5) is 7.14. The summed E-state index contributed by atoms with van der Waals surface area (Å²) >= 11 is 17.3. The van der Waals surface area contributed by atoms with Gasteiger partial charge in [0.05, 0.1) is 5.69 Å². The highest BCUT2D eigenvalue weighted by atomic mass is 35.5. The topological polar surface area (TPSA) is 98.0 Å². The van der Waals surface area contributed by atoms with Crippen LogP contribution in [-0.4, -0.2) is 18.4 Å². The standard InChI is InChI=1S/C10H7Cl3N4O2S/c11-5-1-2-7(6(14)3-5)20(18,19)17-8-9(12)15-4-16-10(8)13/h1-4,17H,14H2. The normalized spacial score (nSPS) is 11.3. The third-order valence-electron chi connectivity index (χ3n) is 2.25. The lowest BCUT2D eigenvalue weighted by atomic mass is 10.3. The maximum Gasteiger partial charge on any atom is 0.264 e. The largest absolute Gasteiger partial charge is 0.398 e. The summed E-state index contributed by atoms with van der Waals surface area (Å²) in [6, 6.07) is 3.99. The van der Waals surface area contributed by atoms with Gasteiger partial charge in [0.2, 0.25) is 0 Å². The number of nitrogens with zero attached hydrogens (tertiary/aromatic N) is 2. The Morgan fingerprint density at radius 2 is 1.70 bits per heavy atom. The second kappa shape index (κ2) is 5.61. The molecule has 1 aromatic heterocycles. The Morgan fingerprint density at radius 1 is 1.10 bits per heavy atom. The highest BCUT2D eigenvalue weighted by molar-refractivity contribution is 7.93. The van der Waals surface area contributed by atoms with Crippen LogP contribution in [0.15, 0.2) is 29.4 Å². The summed E-state index contributed by atoms with van der Waals surface area (Å²) in [5.41, 5.74) is 5.51. The number of nitrogens with two attached hydrogens (primary N) is 1. The van der Waals surface area contributed by atoms with Crippen LogP contribution in [0.25, 0.3) is 0 Å². The molecule has 20 heavy (non-hydrogen) atoms. The number of anilines is 2. The van der Waals surface area contributed by atoms with Crippen LogP contribution in [0.2, 0.25) is 15.3 Å². The molecule has 0 fully saturated rings. The summed E-state index contributed by atoms with van der Waals surface area (Å²) in [6.45, 7) is 0. The maximum absolute atomic E-state index is 12.2. The Hall–Kier alpha value is -1.28. The number of benzene rings is 1. The van der Waals surface area contributed by atoms with Gasteiger partial charge in [0, 0.05) is 5.02 Å². The molecule has 1 aromatic carbocycles. The zero-order valence-electron chi connectivity index (χ0n) is 9.64. The summed E-state index contributed by atoms with van der Waals surface area (Å²) in [6.07, 6.45) is 1.11. The summed E-state index contributed by atoms with van der Waals surface area (Å²) < 4.78 is 26.7. The molecule has 2 aromatic rings. The van der Waals surface area contributed by atoms with E-state index in [1.807, 2.05) is 0 Å². The van der Waals surface area contributed by atoms with Gasteiger partial charge in [-0.1, -0.05) is 34.8 Å². The van der Waals surface area contributed by atoms with Crippen molar-refractivity contribution in [3.63, 3.8) is 0 Å². The molecule has 10 heteroatoms. The highest BCUT2D eigenvalue weighted by Crippen LogP contribution is 2.30. The van der Waals surface area contributed by atoms with Crippen LogP contribution in [0.3, 0.4) is 0 Å². The van der Waals surface area contributed by atoms with Crippen LogP contribution in [0, 0.1) is 0 Å². The van der Waals surface area contributed by atoms with E-state index in [1.54, 1.807) is 0 Å². The first kappa shape index (κ1) is 15.1. The van der Waals surface area contributed by atoms with Crippen molar-refractivity contribution in [2.75, 3.05) is 10.5 Å². The van der Waals surface area contributed by atoms with Gasteiger partial charge in [-0.25, -0.2) is 18.4 Å². The van der Waals surface area contributed by atoms with Gasteiger partial charge >= 0.3 is 0 Å². The molecule has 0 aliphatic heterocycles. The number of nitrogen functional groups attached to an aromatic ring is 1. The molecule has 0 atom stereocenters. The fourth-order valence-corrected chi connectivity index (χ4v) is 3.27. The molecule has 0 unspecified atom stereocenters. The third kappa shape index (κ3) is 3.06. The Balaban J connectivity index is 2.46. The van der Waals surface area contributed by atoms with Gasteiger partial charge in [-0.3, -0.25) is 4.72 Å².